The van der Waals surface area contributed by atoms with Crippen molar-refractivity contribution in [2.24, 2.45) is 5.92 Å². The SMILES string of the molecule is C=CCN(CC)S(=O)(=O)N1CCC(CNC2CC2)CC1. The van der Waals surface area contributed by atoms with Crippen molar-refractivity contribution in [3.63, 3.8) is 0 Å². The zero-order valence-corrected chi connectivity index (χ0v) is 13.2. The Labute approximate surface area is 123 Å². The van der Waals surface area contributed by atoms with Gasteiger partial charge in [0.2, 0.25) is 0 Å². The van der Waals surface area contributed by atoms with Crippen LogP contribution in [0.15, 0.2) is 12.7 Å². The van der Waals surface area contributed by atoms with Gasteiger partial charge in [-0.15, -0.1) is 6.58 Å². The van der Waals surface area contributed by atoms with Gasteiger partial charge < -0.3 is 5.32 Å². The molecule has 0 bridgehead atoms. The highest BCUT2D eigenvalue weighted by molar-refractivity contribution is 7.86. The van der Waals surface area contributed by atoms with Crippen LogP contribution in [0.4, 0.5) is 0 Å². The Hall–Kier alpha value is -0.430. The summed E-state index contributed by atoms with van der Waals surface area (Å²) < 4.78 is 28.1. The molecule has 0 aromatic rings. The van der Waals surface area contributed by atoms with E-state index >= 15 is 0 Å². The second kappa shape index (κ2) is 7.02. The summed E-state index contributed by atoms with van der Waals surface area (Å²) in [4.78, 5) is 0. The van der Waals surface area contributed by atoms with Gasteiger partial charge in [-0.25, -0.2) is 0 Å². The van der Waals surface area contributed by atoms with Crippen molar-refractivity contribution in [1.29, 1.82) is 0 Å². The topological polar surface area (TPSA) is 52.7 Å². The van der Waals surface area contributed by atoms with E-state index in [1.165, 1.54) is 17.1 Å². The normalized spacial score (nSPS) is 22.3. The maximum atomic E-state index is 12.5. The maximum Gasteiger partial charge on any atom is 0.282 e. The lowest BCUT2D eigenvalue weighted by atomic mass is 9.98. The molecule has 5 nitrogen and oxygen atoms in total. The van der Waals surface area contributed by atoms with E-state index in [9.17, 15) is 8.42 Å². The van der Waals surface area contributed by atoms with Crippen LogP contribution in [0, 0.1) is 5.92 Å². The molecule has 116 valence electrons. The molecule has 2 fully saturated rings. The van der Waals surface area contributed by atoms with Crippen LogP contribution in [-0.4, -0.2) is 55.8 Å². The van der Waals surface area contributed by atoms with Gasteiger partial charge in [-0.2, -0.15) is 17.0 Å². The molecule has 20 heavy (non-hydrogen) atoms. The van der Waals surface area contributed by atoms with E-state index in [4.69, 9.17) is 0 Å². The molecule has 0 unspecified atom stereocenters. The first kappa shape index (κ1) is 15.9. The Balaban J connectivity index is 1.82. The first-order valence-electron chi connectivity index (χ1n) is 7.67. The van der Waals surface area contributed by atoms with E-state index in [-0.39, 0.29) is 0 Å². The molecule has 0 spiro atoms. The fourth-order valence-corrected chi connectivity index (χ4v) is 4.28. The highest BCUT2D eigenvalue weighted by Crippen LogP contribution is 2.23. The summed E-state index contributed by atoms with van der Waals surface area (Å²) in [5.41, 5.74) is 0. The quantitative estimate of drug-likeness (QED) is 0.686. The molecule has 0 radical (unpaired) electrons. The van der Waals surface area contributed by atoms with Crippen LogP contribution in [0.25, 0.3) is 0 Å². The van der Waals surface area contributed by atoms with Gasteiger partial charge in [0, 0.05) is 32.2 Å². The molecule has 1 heterocycles. The molecule has 2 aliphatic rings. The molecule has 1 aliphatic carbocycles. The summed E-state index contributed by atoms with van der Waals surface area (Å²) in [6.45, 7) is 8.73. The van der Waals surface area contributed by atoms with Crippen molar-refractivity contribution in [2.45, 2.75) is 38.6 Å². The third-order valence-corrected chi connectivity index (χ3v) is 6.26. The van der Waals surface area contributed by atoms with Gasteiger partial charge in [-0.1, -0.05) is 13.0 Å². The van der Waals surface area contributed by atoms with E-state index in [1.54, 1.807) is 10.4 Å². The molecule has 0 aromatic carbocycles. The van der Waals surface area contributed by atoms with E-state index in [0.29, 0.717) is 32.1 Å². The third-order valence-electron chi connectivity index (χ3n) is 4.18. The minimum Gasteiger partial charge on any atom is -0.314 e. The number of hydrogen-bond acceptors (Lipinski definition) is 3. The van der Waals surface area contributed by atoms with Gasteiger partial charge in [-0.3, -0.25) is 0 Å². The number of hydrogen-bond donors (Lipinski definition) is 1. The van der Waals surface area contributed by atoms with Crippen LogP contribution in [0.2, 0.25) is 0 Å². The molecular weight excluding hydrogens is 274 g/mol. The Bertz CT molecular complexity index is 412. The molecule has 1 aliphatic heterocycles. The lowest BCUT2D eigenvalue weighted by molar-refractivity contribution is 0.252. The van der Waals surface area contributed by atoms with Crippen molar-refractivity contribution in [1.82, 2.24) is 13.9 Å². The number of likely N-dealkylation sites (N-methyl/N-ethyl adjacent to an activating group) is 1. The molecule has 0 amide bonds. The number of rotatable bonds is 8. The summed E-state index contributed by atoms with van der Waals surface area (Å²) in [5.74, 6) is 0.622. The molecule has 0 atom stereocenters. The maximum absolute atomic E-state index is 12.5. The molecule has 0 aromatic heterocycles. The Kier molecular flexibility index (Phi) is 5.60. The Morgan fingerprint density at radius 1 is 1.30 bits per heavy atom. The molecule has 1 N–H and O–H groups in total. The van der Waals surface area contributed by atoms with Crippen molar-refractivity contribution in [3.8, 4) is 0 Å². The van der Waals surface area contributed by atoms with E-state index in [1.807, 2.05) is 6.92 Å². The fourth-order valence-electron chi connectivity index (χ4n) is 2.66. The zero-order valence-electron chi connectivity index (χ0n) is 12.4. The predicted molar refractivity (Wildman–Crippen MR) is 81.7 cm³/mol. The summed E-state index contributed by atoms with van der Waals surface area (Å²) in [7, 11) is -3.30. The van der Waals surface area contributed by atoms with Crippen molar-refractivity contribution in [3.05, 3.63) is 12.7 Å². The lowest BCUT2D eigenvalue weighted by Gasteiger charge is -2.34. The van der Waals surface area contributed by atoms with Gasteiger partial charge in [0.1, 0.15) is 0 Å². The van der Waals surface area contributed by atoms with Crippen LogP contribution in [0.1, 0.15) is 32.6 Å². The second-order valence-electron chi connectivity index (χ2n) is 5.77. The largest absolute Gasteiger partial charge is 0.314 e. The van der Waals surface area contributed by atoms with E-state index < -0.39 is 10.2 Å². The number of nitrogens with one attached hydrogen (secondary N) is 1. The molecule has 1 saturated heterocycles. The van der Waals surface area contributed by atoms with E-state index in [0.717, 1.165) is 25.4 Å². The minimum absolute atomic E-state index is 0.391. The van der Waals surface area contributed by atoms with Gasteiger partial charge in [0.15, 0.2) is 0 Å². The Morgan fingerprint density at radius 3 is 2.45 bits per heavy atom. The number of nitrogens with zero attached hydrogens (tertiary/aromatic N) is 2. The summed E-state index contributed by atoms with van der Waals surface area (Å²) in [6, 6.07) is 0.736. The first-order valence-corrected chi connectivity index (χ1v) is 9.07. The van der Waals surface area contributed by atoms with E-state index in [2.05, 4.69) is 11.9 Å². The summed E-state index contributed by atoms with van der Waals surface area (Å²) in [6.07, 6.45) is 6.18. The van der Waals surface area contributed by atoms with Gasteiger partial charge in [0.25, 0.3) is 10.2 Å². The molecule has 6 heteroatoms. The van der Waals surface area contributed by atoms with Crippen molar-refractivity contribution in [2.75, 3.05) is 32.7 Å². The highest BCUT2D eigenvalue weighted by Gasteiger charge is 2.32. The summed E-state index contributed by atoms with van der Waals surface area (Å²) in [5, 5.41) is 3.54. The lowest BCUT2D eigenvalue weighted by Crippen LogP contribution is -2.48. The predicted octanol–water partition coefficient (Wildman–Crippen LogP) is 1.20. The van der Waals surface area contributed by atoms with Crippen LogP contribution in [0.3, 0.4) is 0 Å². The standard InChI is InChI=1S/C14H27N3O2S/c1-3-9-16(4-2)20(18,19)17-10-7-13(8-11-17)12-15-14-5-6-14/h3,13-15H,1,4-12H2,2H3. The van der Waals surface area contributed by atoms with Crippen LogP contribution in [-0.2, 0) is 10.2 Å². The van der Waals surface area contributed by atoms with Crippen LogP contribution < -0.4 is 5.32 Å². The highest BCUT2D eigenvalue weighted by atomic mass is 32.2. The van der Waals surface area contributed by atoms with Crippen LogP contribution in [0.5, 0.6) is 0 Å². The van der Waals surface area contributed by atoms with Gasteiger partial charge >= 0.3 is 0 Å². The van der Waals surface area contributed by atoms with Crippen molar-refractivity contribution < 1.29 is 8.42 Å². The third kappa shape index (κ3) is 4.04. The average Bonchev–Trinajstić information content (AvgIpc) is 3.27. The Morgan fingerprint density at radius 2 is 1.95 bits per heavy atom. The molecular formula is C14H27N3O2S. The first-order chi connectivity index (χ1) is 9.57. The molecule has 1 saturated carbocycles. The molecule has 2 rings (SSSR count). The smallest absolute Gasteiger partial charge is 0.282 e. The van der Waals surface area contributed by atoms with Crippen LogP contribution >= 0.6 is 0 Å². The second-order valence-corrected chi connectivity index (χ2v) is 7.70. The zero-order chi connectivity index (χ0) is 14.6. The minimum atomic E-state index is -3.30. The fraction of sp³-hybridized carbons (Fsp3) is 0.857. The van der Waals surface area contributed by atoms with Gasteiger partial charge in [0.05, 0.1) is 0 Å². The summed E-state index contributed by atoms with van der Waals surface area (Å²) >= 11 is 0. The van der Waals surface area contributed by atoms with Crippen molar-refractivity contribution >= 4 is 10.2 Å². The monoisotopic (exact) mass is 301 g/mol. The number of piperidine rings is 1. The average molecular weight is 301 g/mol. The van der Waals surface area contributed by atoms with Gasteiger partial charge in [-0.05, 0) is 38.1 Å².